The molecule has 1 aromatic carbocycles. The van der Waals surface area contributed by atoms with Crippen molar-refractivity contribution in [1.29, 1.82) is 5.26 Å². The van der Waals surface area contributed by atoms with E-state index in [4.69, 9.17) is 0 Å². The van der Waals surface area contributed by atoms with E-state index in [1.807, 2.05) is 24.3 Å². The predicted octanol–water partition coefficient (Wildman–Crippen LogP) is 3.77. The van der Waals surface area contributed by atoms with Crippen LogP contribution in [0.25, 0.3) is 0 Å². The van der Waals surface area contributed by atoms with Crippen molar-refractivity contribution in [2.24, 2.45) is 0 Å². The Morgan fingerprint density at radius 3 is 2.79 bits per heavy atom. The fourth-order valence-electron chi connectivity index (χ4n) is 3.17. The molecule has 28 heavy (non-hydrogen) atoms. The van der Waals surface area contributed by atoms with Crippen LogP contribution < -0.4 is 10.6 Å². The van der Waals surface area contributed by atoms with Crippen molar-refractivity contribution in [2.45, 2.75) is 25.7 Å². The van der Waals surface area contributed by atoms with Gasteiger partial charge in [-0.3, -0.25) is 14.5 Å². The second-order valence-electron chi connectivity index (χ2n) is 6.74. The quantitative estimate of drug-likeness (QED) is 0.658. The molecule has 0 atom stereocenters. The molecule has 0 spiro atoms. The smallest absolute Gasteiger partial charge is 0.238 e. The molecule has 0 bridgehead atoms. The third-order valence-electron chi connectivity index (χ3n) is 4.57. The summed E-state index contributed by atoms with van der Waals surface area (Å²) in [4.78, 5) is 27.5. The summed E-state index contributed by atoms with van der Waals surface area (Å²) in [5.74, 6) is -0.286. The first-order chi connectivity index (χ1) is 13.5. The topological polar surface area (TPSA) is 85.2 Å². The van der Waals surface area contributed by atoms with Gasteiger partial charge in [0.25, 0.3) is 0 Å². The Balaban J connectivity index is 1.46. The van der Waals surface area contributed by atoms with Crippen LogP contribution in [0.4, 0.5) is 10.7 Å². The largest absolute Gasteiger partial charge is 0.324 e. The van der Waals surface area contributed by atoms with Gasteiger partial charge in [-0.1, -0.05) is 12.1 Å². The minimum Gasteiger partial charge on any atom is -0.324 e. The van der Waals surface area contributed by atoms with E-state index in [2.05, 4.69) is 32.6 Å². The molecule has 1 aromatic heterocycles. The lowest BCUT2D eigenvalue weighted by Gasteiger charge is -2.16. The molecule has 6 nitrogen and oxygen atoms in total. The number of amides is 2. The van der Waals surface area contributed by atoms with Gasteiger partial charge in [0.2, 0.25) is 11.8 Å². The Hall–Kier alpha value is -2.21. The van der Waals surface area contributed by atoms with E-state index in [-0.39, 0.29) is 24.8 Å². The van der Waals surface area contributed by atoms with E-state index in [0.717, 1.165) is 29.3 Å². The number of rotatable bonds is 7. The van der Waals surface area contributed by atoms with E-state index >= 15 is 0 Å². The highest BCUT2D eigenvalue weighted by Gasteiger charge is 2.23. The first-order valence-corrected chi connectivity index (χ1v) is 10.7. The number of thiophene rings is 1. The zero-order chi connectivity index (χ0) is 20.1. The third kappa shape index (κ3) is 4.98. The van der Waals surface area contributed by atoms with Gasteiger partial charge in [0.1, 0.15) is 11.1 Å². The second kappa shape index (κ2) is 9.32. The van der Waals surface area contributed by atoms with Gasteiger partial charge in [-0.2, -0.15) is 5.26 Å². The second-order valence-corrected chi connectivity index (χ2v) is 8.70. The number of hydrogen-bond donors (Lipinski definition) is 2. The maximum Gasteiger partial charge on any atom is 0.238 e. The Morgan fingerprint density at radius 1 is 1.25 bits per heavy atom. The van der Waals surface area contributed by atoms with Crippen molar-refractivity contribution in [2.75, 3.05) is 30.8 Å². The molecule has 0 saturated carbocycles. The summed E-state index contributed by atoms with van der Waals surface area (Å²) >= 11 is 4.91. The molecule has 1 heterocycles. The summed E-state index contributed by atoms with van der Waals surface area (Å²) in [6.07, 6.45) is 3.24. The average molecular weight is 461 g/mol. The van der Waals surface area contributed by atoms with Crippen LogP contribution >= 0.6 is 27.3 Å². The number of halogens is 1. The third-order valence-corrected chi connectivity index (χ3v) is 6.47. The normalized spacial score (nSPS) is 12.5. The van der Waals surface area contributed by atoms with Crippen molar-refractivity contribution in [1.82, 2.24) is 4.90 Å². The number of hydrogen-bond acceptors (Lipinski definition) is 5. The Bertz CT molecular complexity index is 935. The molecule has 0 aliphatic heterocycles. The minimum atomic E-state index is -0.144. The van der Waals surface area contributed by atoms with Crippen LogP contribution in [-0.4, -0.2) is 36.9 Å². The number of para-hydroxylation sites is 1. The summed E-state index contributed by atoms with van der Waals surface area (Å²) in [6, 6.07) is 9.64. The lowest BCUT2D eigenvalue weighted by atomic mass is 10.1. The lowest BCUT2D eigenvalue weighted by Crippen LogP contribution is -2.32. The summed E-state index contributed by atoms with van der Waals surface area (Å²) in [5, 5.41) is 15.8. The molecule has 0 radical (unpaired) electrons. The predicted molar refractivity (Wildman–Crippen MR) is 115 cm³/mol. The monoisotopic (exact) mass is 460 g/mol. The Morgan fingerprint density at radius 2 is 2.04 bits per heavy atom. The molecular weight excluding hydrogens is 440 g/mol. The summed E-state index contributed by atoms with van der Waals surface area (Å²) in [6.45, 7) is 0.632. The maximum absolute atomic E-state index is 12.3. The van der Waals surface area contributed by atoms with Crippen LogP contribution in [0.2, 0.25) is 0 Å². The van der Waals surface area contributed by atoms with Gasteiger partial charge in [0, 0.05) is 22.3 Å². The number of nitriles is 1. The van der Waals surface area contributed by atoms with Gasteiger partial charge in [-0.15, -0.1) is 11.3 Å². The van der Waals surface area contributed by atoms with Crippen LogP contribution in [0.15, 0.2) is 28.7 Å². The molecular formula is C20H21BrN4O2S. The van der Waals surface area contributed by atoms with Crippen LogP contribution in [0.3, 0.4) is 0 Å². The van der Waals surface area contributed by atoms with Crippen molar-refractivity contribution >= 4 is 49.8 Å². The number of carbonyl (C=O) groups excluding carboxylic acids is 2. The fourth-order valence-corrected chi connectivity index (χ4v) is 4.81. The summed E-state index contributed by atoms with van der Waals surface area (Å²) < 4.78 is 0.821. The first-order valence-electron chi connectivity index (χ1n) is 9.05. The van der Waals surface area contributed by atoms with Gasteiger partial charge in [0.05, 0.1) is 17.8 Å². The van der Waals surface area contributed by atoms with E-state index in [0.29, 0.717) is 22.8 Å². The highest BCUT2D eigenvalue weighted by Crippen LogP contribution is 2.38. The van der Waals surface area contributed by atoms with E-state index < -0.39 is 0 Å². The van der Waals surface area contributed by atoms with Crippen LogP contribution in [0, 0.1) is 11.3 Å². The Labute approximate surface area is 176 Å². The summed E-state index contributed by atoms with van der Waals surface area (Å²) in [7, 11) is 1.80. The molecule has 1 aliphatic rings. The molecule has 8 heteroatoms. The molecule has 2 aromatic rings. The first kappa shape index (κ1) is 20.5. The zero-order valence-corrected chi connectivity index (χ0v) is 18.0. The number of nitrogens with zero attached hydrogens (tertiary/aromatic N) is 2. The van der Waals surface area contributed by atoms with E-state index in [1.165, 1.54) is 16.2 Å². The number of aryl methyl sites for hydroxylation is 1. The van der Waals surface area contributed by atoms with E-state index in [9.17, 15) is 14.9 Å². The fraction of sp³-hybridized carbons (Fsp3) is 0.350. The SMILES string of the molecule is CN(CCC(=O)Nc1sc2c(c1C#N)CCC2)CC(=O)Nc1ccccc1Br. The number of nitrogens with one attached hydrogen (secondary N) is 2. The maximum atomic E-state index is 12.3. The van der Waals surface area contributed by atoms with Gasteiger partial charge in [-0.05, 0) is 59.9 Å². The lowest BCUT2D eigenvalue weighted by molar-refractivity contribution is -0.119. The minimum absolute atomic E-state index is 0.142. The van der Waals surface area contributed by atoms with Gasteiger partial charge >= 0.3 is 0 Å². The molecule has 0 unspecified atom stereocenters. The van der Waals surface area contributed by atoms with Crippen LogP contribution in [0.5, 0.6) is 0 Å². The van der Waals surface area contributed by atoms with Gasteiger partial charge < -0.3 is 10.6 Å². The number of benzene rings is 1. The molecule has 1 aliphatic carbocycles. The van der Waals surface area contributed by atoms with Gasteiger partial charge in [-0.25, -0.2) is 0 Å². The number of anilines is 2. The van der Waals surface area contributed by atoms with Crippen LogP contribution in [-0.2, 0) is 22.4 Å². The van der Waals surface area contributed by atoms with Crippen LogP contribution in [0.1, 0.15) is 28.8 Å². The number of carbonyl (C=O) groups is 2. The standard InChI is InChI=1S/C20H21BrN4O2S/c1-25(12-19(27)23-16-7-3-2-6-15(16)21)10-9-18(26)24-20-14(11-22)13-5-4-8-17(13)28-20/h2-3,6-7H,4-5,8-10,12H2,1H3,(H,23,27)(H,24,26). The highest BCUT2D eigenvalue weighted by atomic mass is 79.9. The molecule has 2 N–H and O–H groups in total. The van der Waals surface area contributed by atoms with Gasteiger partial charge in [0.15, 0.2) is 0 Å². The Kier molecular flexibility index (Phi) is 6.83. The van der Waals surface area contributed by atoms with Crippen molar-refractivity contribution in [3.05, 3.63) is 44.7 Å². The van der Waals surface area contributed by atoms with Crippen molar-refractivity contribution < 1.29 is 9.59 Å². The summed E-state index contributed by atoms with van der Waals surface area (Å²) in [5.41, 5.74) is 2.43. The van der Waals surface area contributed by atoms with Crippen molar-refractivity contribution in [3.63, 3.8) is 0 Å². The highest BCUT2D eigenvalue weighted by molar-refractivity contribution is 9.10. The molecule has 0 fully saturated rings. The number of fused-ring (bicyclic) bond motifs is 1. The zero-order valence-electron chi connectivity index (χ0n) is 15.5. The molecule has 3 rings (SSSR count). The molecule has 2 amide bonds. The number of likely N-dealkylation sites (N-methyl/N-ethyl adjacent to an activating group) is 1. The molecule has 0 saturated heterocycles. The molecule has 146 valence electrons. The van der Waals surface area contributed by atoms with Crippen molar-refractivity contribution in [3.8, 4) is 6.07 Å². The average Bonchev–Trinajstić information content (AvgIpc) is 3.22. The van der Waals surface area contributed by atoms with E-state index in [1.54, 1.807) is 11.9 Å².